The number of hydrogen-bond acceptors (Lipinski definition) is 3. The van der Waals surface area contributed by atoms with E-state index >= 15 is 0 Å². The summed E-state index contributed by atoms with van der Waals surface area (Å²) in [5, 5.41) is 8.39. The molecule has 0 aliphatic carbocycles. The fourth-order valence-electron chi connectivity index (χ4n) is 0.213. The molecule has 0 aromatic carbocycles. The van der Waals surface area contributed by atoms with Gasteiger partial charge in [0.05, 0.1) is 0 Å². The van der Waals surface area contributed by atoms with Crippen LogP contribution in [0.1, 0.15) is 10.5 Å². The van der Waals surface area contributed by atoms with Gasteiger partial charge in [0.25, 0.3) is 0 Å². The van der Waals surface area contributed by atoms with Gasteiger partial charge in [0.15, 0.2) is 0 Å². The van der Waals surface area contributed by atoms with Gasteiger partial charge in [-0.25, -0.2) is 0 Å². The van der Waals surface area contributed by atoms with Crippen molar-refractivity contribution in [2.45, 2.75) is 12.4 Å². The predicted octanol–water partition coefficient (Wildman–Crippen LogP) is 0.151. The van der Waals surface area contributed by atoms with Crippen LogP contribution < -0.4 is 5.73 Å². The monoisotopic (exact) mass is 157 g/mol. The van der Waals surface area contributed by atoms with Gasteiger partial charge in [-0.2, -0.15) is 11.8 Å². The summed E-state index contributed by atoms with van der Waals surface area (Å²) in [4.78, 5) is 10.3. The van der Waals surface area contributed by atoms with E-state index in [2.05, 4.69) is 0 Å². The molecule has 9 heavy (non-hydrogen) atoms. The third-order valence-corrected chi connectivity index (χ3v) is 1.02. The van der Waals surface area contributed by atoms with Crippen molar-refractivity contribution >= 4 is 17.7 Å². The van der Waals surface area contributed by atoms with Gasteiger partial charge in [0, 0.05) is 4.11 Å². The van der Waals surface area contributed by atoms with Gasteiger partial charge in [-0.1, -0.05) is 0 Å². The first-order valence-corrected chi connectivity index (χ1v) is 3.51. The molecule has 0 fully saturated rings. The highest BCUT2D eigenvalue weighted by atomic mass is 32.2. The minimum absolute atomic E-state index is 0.783. The second-order valence-electron chi connectivity index (χ2n) is 1.35. The van der Waals surface area contributed by atoms with Crippen molar-refractivity contribution in [3.8, 4) is 0 Å². The first kappa shape index (κ1) is 4.57. The summed E-state index contributed by atoms with van der Waals surface area (Å²) in [5.74, 6) is -1.35. The van der Waals surface area contributed by atoms with Crippen molar-refractivity contribution in [2.24, 2.45) is 5.73 Å². The maximum absolute atomic E-state index is 10.3. The summed E-state index contributed by atoms with van der Waals surface area (Å²) in [6, 6.07) is -1.48. The Morgan fingerprint density at radius 3 is 3.00 bits per heavy atom. The van der Waals surface area contributed by atoms with Gasteiger partial charge < -0.3 is 10.8 Å². The van der Waals surface area contributed by atoms with Crippen LogP contribution in [0.25, 0.3) is 0 Å². The maximum Gasteiger partial charge on any atom is 0.320 e. The molecule has 0 aliphatic heterocycles. The summed E-state index contributed by atoms with van der Waals surface area (Å²) in [5.41, 5.74) is 3.16. The topological polar surface area (TPSA) is 63.3 Å². The van der Waals surface area contributed by atoms with E-state index in [-0.39, 0.29) is 0 Å². The number of carboxylic acids is 1. The lowest BCUT2D eigenvalue weighted by Crippen LogP contribution is -2.30. The molecular weight excluding hydrogens is 143 g/mol. The van der Waals surface area contributed by atoms with E-state index < -0.39 is 24.1 Å². The Kier molecular flexibility index (Phi) is 2.36. The molecule has 0 amide bonds. The Labute approximate surface area is 62.8 Å². The zero-order valence-corrected chi connectivity index (χ0v) is 5.81. The molecule has 54 valence electrons. The van der Waals surface area contributed by atoms with Crippen LogP contribution in [0.3, 0.4) is 0 Å². The number of nitrogens with two attached hydrogens (primary N) is 1. The van der Waals surface area contributed by atoms with Crippen molar-refractivity contribution in [1.82, 2.24) is 0 Å². The fraction of sp³-hybridized carbons (Fsp3) is 0.800. The summed E-state index contributed by atoms with van der Waals surface area (Å²) in [6.07, 6.45) is 0.0147. The Morgan fingerprint density at radius 2 is 2.67 bits per heavy atom. The third kappa shape index (κ3) is 4.29. The lowest BCUT2D eigenvalue weighted by Gasteiger charge is -2.02. The van der Waals surface area contributed by atoms with Crippen LogP contribution >= 0.6 is 11.8 Å². The summed E-state index contributed by atoms with van der Waals surface area (Å²) in [7, 11) is 0. The number of aliphatic carboxylic acids is 1. The highest BCUT2D eigenvalue weighted by Crippen LogP contribution is 1.97. The number of hydrogen-bond donors (Lipinski definition) is 2. The molecule has 0 aromatic heterocycles. The highest BCUT2D eigenvalue weighted by Gasteiger charge is 2.08. The Morgan fingerprint density at radius 1 is 2.11 bits per heavy atom. The van der Waals surface area contributed by atoms with Crippen LogP contribution in [0.4, 0.5) is 0 Å². The van der Waals surface area contributed by atoms with E-state index in [0.29, 0.717) is 0 Å². The molecule has 4 heteroatoms. The van der Waals surface area contributed by atoms with E-state index in [9.17, 15) is 4.79 Å². The zero-order valence-electron chi connectivity index (χ0n) is 8.00. The van der Waals surface area contributed by atoms with Crippen LogP contribution in [0.15, 0.2) is 0 Å². The van der Waals surface area contributed by atoms with Crippen molar-refractivity contribution in [3.05, 3.63) is 0 Å². The van der Waals surface area contributed by atoms with Crippen LogP contribution in [0, 0.1) is 0 Å². The van der Waals surface area contributed by atoms with E-state index in [1.165, 1.54) is 6.26 Å². The minimum Gasteiger partial charge on any atom is -0.480 e. The molecule has 3 nitrogen and oxygen atoms in total. The predicted molar refractivity (Wildman–Crippen MR) is 38.6 cm³/mol. The zero-order chi connectivity index (χ0) is 9.94. The lowest BCUT2D eigenvalue weighted by atomic mass is 11.2. The second kappa shape index (κ2) is 4.64. The Balaban J connectivity index is 4.37. The van der Waals surface area contributed by atoms with Crippen LogP contribution in [0.2, 0.25) is 0 Å². The maximum atomic E-state index is 10.3. The Bertz CT molecular complexity index is 178. The number of thioether (sulfide) groups is 1. The molecule has 2 atom stereocenters. The highest BCUT2D eigenvalue weighted by molar-refractivity contribution is 7.98. The molecule has 1 unspecified atom stereocenters. The molecule has 3 N–H and O–H groups in total. The van der Waals surface area contributed by atoms with Crippen molar-refractivity contribution in [1.29, 1.82) is 0 Å². The average molecular weight is 157 g/mol. The molecule has 0 radical (unpaired) electrons. The van der Waals surface area contributed by atoms with Gasteiger partial charge in [0.2, 0.25) is 0 Å². The van der Waals surface area contributed by atoms with Gasteiger partial charge in [-0.3, -0.25) is 4.79 Å². The standard InChI is InChI=1S/C5H11NO2S/c1-9-3-2-4(6)5(7)8/h4H,2-3,6H2,1H3,(H,7,8)/t4-/m0/s1/i2+1D,3+1D2,4+1,5+1,6+1/t2?,4-. The summed E-state index contributed by atoms with van der Waals surface area (Å²) >= 11 is 0.783. The molecule has 0 rings (SSSR count). The van der Waals surface area contributed by atoms with Gasteiger partial charge in [0.1, 0.15) is 6.04 Å². The molecule has 0 aliphatic rings. The fourth-order valence-corrected chi connectivity index (χ4v) is 0.495. The van der Waals surface area contributed by atoms with Crippen molar-refractivity contribution in [2.75, 3.05) is 12.0 Å². The van der Waals surface area contributed by atoms with Crippen LogP contribution in [0.5, 0.6) is 0 Å². The minimum atomic E-state index is -1.92. The summed E-state index contributed by atoms with van der Waals surface area (Å²) < 4.78 is 21.6. The molecular formula is C5H11NO2S. The summed E-state index contributed by atoms with van der Waals surface area (Å²) in [6.45, 7) is 0. The number of carbonyl (C=O) groups is 1. The number of carboxylic acid groups (broad SMARTS) is 1. The third-order valence-electron chi connectivity index (χ3n) is 0.651. The van der Waals surface area contributed by atoms with E-state index in [1.54, 1.807) is 0 Å². The largest absolute Gasteiger partial charge is 0.480 e. The van der Waals surface area contributed by atoms with E-state index in [4.69, 9.17) is 15.0 Å². The molecule has 0 saturated carbocycles. The second-order valence-corrected chi connectivity index (χ2v) is 2.00. The average Bonchev–Trinajstić information content (AvgIpc) is 2.01. The quantitative estimate of drug-likeness (QED) is 0.450. The molecule has 0 saturated heterocycles. The first-order chi connectivity index (χ1) is 5.33. The van der Waals surface area contributed by atoms with E-state index in [1.807, 2.05) is 0 Å². The Hall–Kier alpha value is -0.220. The van der Waals surface area contributed by atoms with Gasteiger partial charge in [-0.15, -0.1) is 0 Å². The SMILES string of the molecule is [2H][13CH]([13C@H]([15NH2])[13C](=O)O)[13C]([2H])([2H])SC. The molecule has 0 bridgehead atoms. The smallest absolute Gasteiger partial charge is 0.320 e. The lowest BCUT2D eigenvalue weighted by molar-refractivity contribution is -0.138. The van der Waals surface area contributed by atoms with Crippen LogP contribution in [-0.4, -0.2) is 29.1 Å². The first-order valence-electron chi connectivity index (χ1n) is 3.86. The normalized spacial score (nSPS) is 23.1. The van der Waals surface area contributed by atoms with Gasteiger partial charge >= 0.3 is 5.97 Å². The molecule has 0 spiro atoms. The van der Waals surface area contributed by atoms with Crippen LogP contribution in [-0.2, 0) is 4.79 Å². The number of rotatable bonds is 4. The van der Waals surface area contributed by atoms with E-state index in [0.717, 1.165) is 11.8 Å². The molecule has 0 heterocycles. The van der Waals surface area contributed by atoms with Crippen molar-refractivity contribution < 1.29 is 14.0 Å². The van der Waals surface area contributed by atoms with Gasteiger partial charge in [-0.05, 0) is 18.4 Å². The molecule has 0 aromatic rings. The van der Waals surface area contributed by atoms with Crippen molar-refractivity contribution in [3.63, 3.8) is 0 Å².